The van der Waals surface area contributed by atoms with E-state index in [2.05, 4.69) is 228 Å². The number of pyridine rings is 1. The van der Waals surface area contributed by atoms with Crippen LogP contribution in [0.4, 0.5) is 0 Å². The van der Waals surface area contributed by atoms with E-state index in [0.29, 0.717) is 0 Å². The van der Waals surface area contributed by atoms with Crippen LogP contribution in [0.1, 0.15) is 0 Å². The highest BCUT2D eigenvalue weighted by Gasteiger charge is 2.18. The van der Waals surface area contributed by atoms with Gasteiger partial charge in [0.05, 0.1) is 27.6 Å². The van der Waals surface area contributed by atoms with Crippen LogP contribution >= 0.6 is 0 Å². The third-order valence-corrected chi connectivity index (χ3v) is 12.2. The average molecular weight is 818 g/mol. The van der Waals surface area contributed by atoms with E-state index in [-0.39, 0.29) is 0 Å². The van der Waals surface area contributed by atoms with Gasteiger partial charge < -0.3 is 0 Å². The van der Waals surface area contributed by atoms with Crippen LogP contribution in [0.15, 0.2) is 237 Å². The third-order valence-electron chi connectivity index (χ3n) is 12.2. The zero-order valence-electron chi connectivity index (χ0n) is 34.8. The molecular formula is C59H39N5. The van der Waals surface area contributed by atoms with Gasteiger partial charge >= 0.3 is 0 Å². The molecular weight excluding hydrogens is 779 g/mol. The number of aromatic nitrogens is 5. The highest BCUT2D eigenvalue weighted by Crippen LogP contribution is 2.38. The Balaban J connectivity index is 0.893. The predicted molar refractivity (Wildman–Crippen MR) is 264 cm³/mol. The van der Waals surface area contributed by atoms with E-state index in [0.717, 1.165) is 101 Å². The van der Waals surface area contributed by atoms with E-state index in [4.69, 9.17) is 15.0 Å². The molecule has 0 bridgehead atoms. The molecule has 0 fully saturated rings. The zero-order chi connectivity index (χ0) is 42.4. The van der Waals surface area contributed by atoms with E-state index < -0.39 is 0 Å². The average Bonchev–Trinajstić information content (AvgIpc) is 3.97. The first-order chi connectivity index (χ1) is 31.7. The molecule has 0 saturated heterocycles. The molecule has 0 radical (unpaired) electrons. The van der Waals surface area contributed by atoms with E-state index in [1.54, 1.807) is 0 Å². The minimum absolute atomic E-state index is 0.906. The molecule has 0 N–H and O–H groups in total. The van der Waals surface area contributed by atoms with Crippen LogP contribution < -0.4 is 0 Å². The Hall–Kier alpha value is -8.67. The molecule has 0 aliphatic rings. The summed E-state index contributed by atoms with van der Waals surface area (Å²) in [5, 5.41) is 1.10. The van der Waals surface area contributed by atoms with Gasteiger partial charge in [-0.25, -0.2) is 9.97 Å². The summed E-state index contributed by atoms with van der Waals surface area (Å²) in [5.41, 5.74) is 18.3. The molecule has 0 amide bonds. The van der Waals surface area contributed by atoms with Gasteiger partial charge in [0, 0.05) is 39.6 Å². The summed E-state index contributed by atoms with van der Waals surface area (Å²) < 4.78 is 4.54. The van der Waals surface area contributed by atoms with Gasteiger partial charge in [-0.1, -0.05) is 164 Å². The van der Waals surface area contributed by atoms with Gasteiger partial charge in [-0.05, 0) is 106 Å². The smallest absolute Gasteiger partial charge is 0.145 e. The van der Waals surface area contributed by atoms with E-state index >= 15 is 0 Å². The Labute approximate surface area is 370 Å². The van der Waals surface area contributed by atoms with E-state index in [1.807, 2.05) is 18.3 Å². The molecule has 0 atom stereocenters. The lowest BCUT2D eigenvalue weighted by Gasteiger charge is -2.14. The number of hydrogen-bond donors (Lipinski definition) is 0. The molecule has 5 heteroatoms. The predicted octanol–water partition coefficient (Wildman–Crippen LogP) is 14.9. The molecule has 0 aliphatic carbocycles. The molecule has 3 aromatic heterocycles. The van der Waals surface area contributed by atoms with Gasteiger partial charge in [0.25, 0.3) is 0 Å². The van der Waals surface area contributed by atoms with Gasteiger partial charge in [0.1, 0.15) is 11.6 Å². The SMILES string of the molecule is c1ccc(-c2cccc(-c3nc4ccccc4n3-c3ccc(-c4ccc(-c5ccc(-n6c(-c7cccc(-c8ccccc8)c7)nc7ccccc76)cc5)c5ncccc45)cc3)c2)cc1. The fourth-order valence-electron chi connectivity index (χ4n) is 9.14. The summed E-state index contributed by atoms with van der Waals surface area (Å²) in [4.78, 5) is 15.3. The molecule has 0 unspecified atom stereocenters. The summed E-state index contributed by atoms with van der Waals surface area (Å²) in [6.45, 7) is 0. The molecule has 12 aromatic rings. The molecule has 0 spiro atoms. The van der Waals surface area contributed by atoms with Crippen molar-refractivity contribution in [2.24, 2.45) is 0 Å². The van der Waals surface area contributed by atoms with Crippen molar-refractivity contribution in [2.75, 3.05) is 0 Å². The van der Waals surface area contributed by atoms with Gasteiger partial charge in [0.15, 0.2) is 0 Å². The Morgan fingerprint density at radius 2 is 0.734 bits per heavy atom. The highest BCUT2D eigenvalue weighted by molar-refractivity contribution is 6.03. The number of fused-ring (bicyclic) bond motifs is 3. The Morgan fingerprint density at radius 3 is 1.27 bits per heavy atom. The summed E-state index contributed by atoms with van der Waals surface area (Å²) in [6.07, 6.45) is 1.89. The molecule has 3 heterocycles. The van der Waals surface area contributed by atoms with Crippen molar-refractivity contribution >= 4 is 33.0 Å². The molecule has 12 rings (SSSR count). The Morgan fingerprint density at radius 1 is 0.297 bits per heavy atom. The molecule has 0 aliphatic heterocycles. The summed E-state index contributed by atoms with van der Waals surface area (Å²) in [5.74, 6) is 1.82. The number of hydrogen-bond acceptors (Lipinski definition) is 3. The van der Waals surface area contributed by atoms with Gasteiger partial charge in [0.2, 0.25) is 0 Å². The molecule has 5 nitrogen and oxygen atoms in total. The first-order valence-corrected chi connectivity index (χ1v) is 21.6. The second-order valence-electron chi connectivity index (χ2n) is 16.1. The van der Waals surface area contributed by atoms with Crippen molar-refractivity contribution in [1.82, 2.24) is 24.1 Å². The lowest BCUT2D eigenvalue weighted by Crippen LogP contribution is -1.98. The maximum Gasteiger partial charge on any atom is 0.145 e. The van der Waals surface area contributed by atoms with Gasteiger partial charge in [-0.2, -0.15) is 0 Å². The Bertz CT molecular complexity index is 3400. The quantitative estimate of drug-likeness (QED) is 0.153. The number of rotatable bonds is 8. The van der Waals surface area contributed by atoms with E-state index in [9.17, 15) is 0 Å². The van der Waals surface area contributed by atoms with Crippen LogP contribution in [0.25, 0.3) is 112 Å². The second-order valence-corrected chi connectivity index (χ2v) is 16.1. The topological polar surface area (TPSA) is 48.5 Å². The van der Waals surface area contributed by atoms with Crippen LogP contribution in [0, 0.1) is 0 Å². The van der Waals surface area contributed by atoms with Crippen LogP contribution in [0.5, 0.6) is 0 Å². The normalized spacial score (nSPS) is 11.4. The van der Waals surface area contributed by atoms with Crippen LogP contribution in [-0.2, 0) is 0 Å². The molecule has 0 saturated carbocycles. The lowest BCUT2D eigenvalue weighted by atomic mass is 9.94. The number of nitrogens with zero attached hydrogens (tertiary/aromatic N) is 5. The van der Waals surface area contributed by atoms with Gasteiger partial charge in [-0.3, -0.25) is 14.1 Å². The second kappa shape index (κ2) is 15.7. The van der Waals surface area contributed by atoms with Crippen LogP contribution in [0.2, 0.25) is 0 Å². The number of para-hydroxylation sites is 4. The highest BCUT2D eigenvalue weighted by atomic mass is 15.1. The monoisotopic (exact) mass is 817 g/mol. The fourth-order valence-corrected chi connectivity index (χ4v) is 9.14. The largest absolute Gasteiger partial charge is 0.292 e. The van der Waals surface area contributed by atoms with Crippen molar-refractivity contribution in [3.63, 3.8) is 0 Å². The van der Waals surface area contributed by atoms with Crippen LogP contribution in [0.3, 0.4) is 0 Å². The minimum Gasteiger partial charge on any atom is -0.292 e. The summed E-state index contributed by atoms with van der Waals surface area (Å²) >= 11 is 0. The fraction of sp³-hybridized carbons (Fsp3) is 0. The molecule has 64 heavy (non-hydrogen) atoms. The van der Waals surface area contributed by atoms with Crippen molar-refractivity contribution in [3.05, 3.63) is 237 Å². The first-order valence-electron chi connectivity index (χ1n) is 21.6. The van der Waals surface area contributed by atoms with Crippen molar-refractivity contribution < 1.29 is 0 Å². The minimum atomic E-state index is 0.906. The number of imidazole rings is 2. The number of benzene rings is 9. The third kappa shape index (κ3) is 6.55. The summed E-state index contributed by atoms with van der Waals surface area (Å²) in [6, 6.07) is 81.3. The van der Waals surface area contributed by atoms with Crippen LogP contribution in [-0.4, -0.2) is 24.1 Å². The maximum absolute atomic E-state index is 5.17. The Kier molecular flexibility index (Phi) is 9.08. The zero-order valence-corrected chi connectivity index (χ0v) is 34.8. The standard InChI is InChI=1S/C59H39N5/c1-3-14-40(15-4-1)44-18-11-20-46(38-44)58-61-53-23-7-9-25-55(53)63(58)48-31-27-42(28-32-48)50-35-36-51(57-52(50)22-13-37-60-57)43-29-33-49(34-30-43)64-56-26-10-8-24-54(56)62-59(64)47-21-12-19-45(39-47)41-16-5-2-6-17-41/h1-39H. The first kappa shape index (κ1) is 37.1. The molecule has 300 valence electrons. The van der Waals surface area contributed by atoms with Crippen molar-refractivity contribution in [2.45, 2.75) is 0 Å². The summed E-state index contributed by atoms with van der Waals surface area (Å²) in [7, 11) is 0. The van der Waals surface area contributed by atoms with Crippen molar-refractivity contribution in [1.29, 1.82) is 0 Å². The lowest BCUT2D eigenvalue weighted by molar-refractivity contribution is 1.10. The maximum atomic E-state index is 5.17. The van der Waals surface area contributed by atoms with E-state index in [1.165, 1.54) is 11.1 Å². The van der Waals surface area contributed by atoms with Crippen molar-refractivity contribution in [3.8, 4) is 78.7 Å². The van der Waals surface area contributed by atoms with Gasteiger partial charge in [-0.15, -0.1) is 0 Å². The molecule has 9 aromatic carbocycles.